The summed E-state index contributed by atoms with van der Waals surface area (Å²) in [5, 5.41) is 3.20. The number of imidazole rings is 1. The lowest BCUT2D eigenvalue weighted by Gasteiger charge is -2.20. The molecule has 2 N–H and O–H groups in total. The van der Waals surface area contributed by atoms with E-state index in [0.29, 0.717) is 0 Å². The van der Waals surface area contributed by atoms with Crippen LogP contribution in [0.25, 0.3) is 11.0 Å². The topological polar surface area (TPSA) is 53.6 Å². The third kappa shape index (κ3) is 1.37. The fraction of sp³-hybridized carbons (Fsp3) is 0.400. The van der Waals surface area contributed by atoms with E-state index in [-0.39, 0.29) is 5.54 Å². The van der Waals surface area contributed by atoms with Crippen LogP contribution in [0, 0.1) is 0 Å². The number of nitrogens with zero attached hydrogens (tertiary/aromatic N) is 2. The quantitative estimate of drug-likeness (QED) is 0.752. The zero-order chi connectivity index (χ0) is 10.2. The van der Waals surface area contributed by atoms with Crippen LogP contribution in [0.4, 0.5) is 0 Å². The Morgan fingerprint density at radius 1 is 1.43 bits per heavy atom. The maximum Gasteiger partial charge on any atom is 0.127 e. The molecular formula is C10H14N4. The number of nitrogens with one attached hydrogen (secondary N) is 2. The Morgan fingerprint density at radius 2 is 2.21 bits per heavy atom. The second-order valence-electron chi connectivity index (χ2n) is 3.85. The fourth-order valence-electron chi connectivity index (χ4n) is 1.27. The standard InChI is InChI=1S/C10H14N4/c1-10(2,11-3)9-13-7-4-5-12-6-8(7)14-9/h4-6,11H,1-3H3,(H,13,14). The molecule has 0 aliphatic heterocycles. The minimum atomic E-state index is -0.140. The highest BCUT2D eigenvalue weighted by atomic mass is 15.0. The smallest absolute Gasteiger partial charge is 0.127 e. The second-order valence-corrected chi connectivity index (χ2v) is 3.85. The minimum absolute atomic E-state index is 0.140. The molecule has 0 amide bonds. The van der Waals surface area contributed by atoms with Gasteiger partial charge in [0.2, 0.25) is 0 Å². The highest BCUT2D eigenvalue weighted by Crippen LogP contribution is 2.19. The molecule has 0 aromatic carbocycles. The van der Waals surface area contributed by atoms with Crippen LogP contribution in [-0.2, 0) is 5.54 Å². The van der Waals surface area contributed by atoms with E-state index in [1.54, 1.807) is 12.4 Å². The number of aromatic nitrogens is 3. The molecule has 14 heavy (non-hydrogen) atoms. The van der Waals surface area contributed by atoms with Crippen molar-refractivity contribution >= 4 is 11.0 Å². The molecule has 0 bridgehead atoms. The summed E-state index contributed by atoms with van der Waals surface area (Å²) in [4.78, 5) is 11.8. The highest BCUT2D eigenvalue weighted by Gasteiger charge is 2.21. The molecule has 0 atom stereocenters. The number of rotatable bonds is 2. The van der Waals surface area contributed by atoms with Gasteiger partial charge in [-0.15, -0.1) is 0 Å². The first-order valence-electron chi connectivity index (χ1n) is 4.62. The maximum atomic E-state index is 4.50. The van der Waals surface area contributed by atoms with E-state index in [4.69, 9.17) is 0 Å². The van der Waals surface area contributed by atoms with Gasteiger partial charge in [-0.05, 0) is 27.0 Å². The van der Waals surface area contributed by atoms with Gasteiger partial charge in [-0.1, -0.05) is 0 Å². The fourth-order valence-corrected chi connectivity index (χ4v) is 1.27. The van der Waals surface area contributed by atoms with Crippen LogP contribution in [0.2, 0.25) is 0 Å². The Morgan fingerprint density at radius 3 is 2.86 bits per heavy atom. The normalized spacial score (nSPS) is 12.2. The van der Waals surface area contributed by atoms with E-state index in [9.17, 15) is 0 Å². The Hall–Kier alpha value is -1.42. The molecule has 2 rings (SSSR count). The molecule has 4 nitrogen and oxygen atoms in total. The van der Waals surface area contributed by atoms with Gasteiger partial charge in [-0.25, -0.2) is 4.98 Å². The number of fused-ring (bicyclic) bond motifs is 1. The van der Waals surface area contributed by atoms with Crippen LogP contribution in [0.15, 0.2) is 18.5 Å². The highest BCUT2D eigenvalue weighted by molar-refractivity contribution is 5.73. The Bertz CT molecular complexity index is 411. The van der Waals surface area contributed by atoms with Crippen LogP contribution >= 0.6 is 0 Å². The zero-order valence-corrected chi connectivity index (χ0v) is 8.63. The van der Waals surface area contributed by atoms with Crippen molar-refractivity contribution in [3.63, 3.8) is 0 Å². The van der Waals surface area contributed by atoms with Gasteiger partial charge in [0.1, 0.15) is 5.82 Å². The summed E-state index contributed by atoms with van der Waals surface area (Å²) >= 11 is 0. The summed E-state index contributed by atoms with van der Waals surface area (Å²) < 4.78 is 0. The lowest BCUT2D eigenvalue weighted by Crippen LogP contribution is -2.34. The molecule has 0 aliphatic rings. The lowest BCUT2D eigenvalue weighted by molar-refractivity contribution is 0.422. The number of hydrogen-bond acceptors (Lipinski definition) is 3. The summed E-state index contributed by atoms with van der Waals surface area (Å²) in [7, 11) is 1.92. The first kappa shape index (κ1) is 9.15. The Kier molecular flexibility index (Phi) is 2.00. The van der Waals surface area contributed by atoms with Crippen molar-refractivity contribution < 1.29 is 0 Å². The first-order valence-corrected chi connectivity index (χ1v) is 4.62. The van der Waals surface area contributed by atoms with Crippen LogP contribution < -0.4 is 5.32 Å². The van der Waals surface area contributed by atoms with Crippen molar-refractivity contribution in [3.8, 4) is 0 Å². The van der Waals surface area contributed by atoms with Gasteiger partial charge in [0.05, 0.1) is 22.8 Å². The Labute approximate surface area is 82.8 Å². The first-order chi connectivity index (χ1) is 6.63. The number of aromatic amines is 1. The average Bonchev–Trinajstić information content (AvgIpc) is 2.61. The minimum Gasteiger partial charge on any atom is -0.339 e. The van der Waals surface area contributed by atoms with Crippen molar-refractivity contribution in [2.45, 2.75) is 19.4 Å². The van der Waals surface area contributed by atoms with Crippen LogP contribution in [0.5, 0.6) is 0 Å². The molecule has 0 saturated carbocycles. The van der Waals surface area contributed by atoms with Crippen molar-refractivity contribution in [3.05, 3.63) is 24.3 Å². The largest absolute Gasteiger partial charge is 0.339 e. The van der Waals surface area contributed by atoms with Gasteiger partial charge < -0.3 is 10.3 Å². The van der Waals surface area contributed by atoms with Crippen molar-refractivity contribution in [2.24, 2.45) is 0 Å². The summed E-state index contributed by atoms with van der Waals surface area (Å²) in [6.45, 7) is 4.16. The van der Waals surface area contributed by atoms with Crippen LogP contribution in [0.3, 0.4) is 0 Å². The number of hydrogen-bond donors (Lipinski definition) is 2. The van der Waals surface area contributed by atoms with Crippen molar-refractivity contribution in [2.75, 3.05) is 7.05 Å². The van der Waals surface area contributed by atoms with E-state index < -0.39 is 0 Å². The molecule has 0 fully saturated rings. The summed E-state index contributed by atoms with van der Waals surface area (Å²) in [6.07, 6.45) is 3.54. The van der Waals surface area contributed by atoms with Gasteiger partial charge in [0.15, 0.2) is 0 Å². The van der Waals surface area contributed by atoms with E-state index in [2.05, 4.69) is 34.1 Å². The molecule has 74 valence electrons. The van der Waals surface area contributed by atoms with E-state index in [0.717, 1.165) is 16.9 Å². The van der Waals surface area contributed by atoms with Gasteiger partial charge in [-0.2, -0.15) is 0 Å². The molecule has 4 heteroatoms. The van der Waals surface area contributed by atoms with Crippen molar-refractivity contribution in [1.29, 1.82) is 0 Å². The molecule has 0 saturated heterocycles. The Balaban J connectivity index is 2.55. The van der Waals surface area contributed by atoms with Gasteiger partial charge in [0, 0.05) is 6.20 Å². The summed E-state index contributed by atoms with van der Waals surface area (Å²) in [6, 6.07) is 1.90. The summed E-state index contributed by atoms with van der Waals surface area (Å²) in [5.41, 5.74) is 1.79. The maximum absolute atomic E-state index is 4.50. The van der Waals surface area contributed by atoms with E-state index >= 15 is 0 Å². The third-order valence-electron chi connectivity index (χ3n) is 2.50. The van der Waals surface area contributed by atoms with Gasteiger partial charge >= 0.3 is 0 Å². The van der Waals surface area contributed by atoms with E-state index in [1.807, 2.05) is 13.1 Å². The monoisotopic (exact) mass is 190 g/mol. The molecule has 0 aliphatic carbocycles. The predicted molar refractivity (Wildman–Crippen MR) is 56.0 cm³/mol. The zero-order valence-electron chi connectivity index (χ0n) is 8.63. The van der Waals surface area contributed by atoms with Gasteiger partial charge in [-0.3, -0.25) is 4.98 Å². The van der Waals surface area contributed by atoms with Crippen molar-refractivity contribution in [1.82, 2.24) is 20.3 Å². The molecular weight excluding hydrogens is 176 g/mol. The summed E-state index contributed by atoms with van der Waals surface area (Å²) in [5.74, 6) is 0.933. The number of pyridine rings is 1. The van der Waals surface area contributed by atoms with Gasteiger partial charge in [0.25, 0.3) is 0 Å². The number of H-pyrrole nitrogens is 1. The average molecular weight is 190 g/mol. The lowest BCUT2D eigenvalue weighted by atomic mass is 10.1. The molecule has 2 aromatic rings. The third-order valence-corrected chi connectivity index (χ3v) is 2.50. The van der Waals surface area contributed by atoms with Crippen LogP contribution in [0.1, 0.15) is 19.7 Å². The second kappa shape index (κ2) is 3.06. The molecule has 2 heterocycles. The van der Waals surface area contributed by atoms with Crippen LogP contribution in [-0.4, -0.2) is 22.0 Å². The molecule has 0 spiro atoms. The molecule has 2 aromatic heterocycles. The predicted octanol–water partition coefficient (Wildman–Crippen LogP) is 1.41. The molecule has 0 radical (unpaired) electrons. The molecule has 0 unspecified atom stereocenters. The SMILES string of the molecule is CNC(C)(C)c1nc2ccncc2[nH]1. The van der Waals surface area contributed by atoms with E-state index in [1.165, 1.54) is 0 Å².